The molecule has 3 rings (SSSR count). The number of pyridine rings is 1. The van der Waals surface area contributed by atoms with Gasteiger partial charge in [0, 0.05) is 23.6 Å². The third-order valence-electron chi connectivity index (χ3n) is 3.79. The molecule has 0 saturated carbocycles. The molecule has 1 aromatic heterocycles. The molecule has 2 aromatic carbocycles. The van der Waals surface area contributed by atoms with Gasteiger partial charge in [-0.1, -0.05) is 18.2 Å². The van der Waals surface area contributed by atoms with E-state index in [4.69, 9.17) is 9.47 Å². The number of amides is 1. The fourth-order valence-corrected chi connectivity index (χ4v) is 2.54. The van der Waals surface area contributed by atoms with E-state index in [0.29, 0.717) is 23.7 Å². The standard InChI is InChI=1S/C21H21N3O3/c1-3-27-20-10-5-4-9-18(20)23-16-11-12-22-19(14-16)21(25)24-15-7-6-8-17(13-15)26-2/h4-14H,3H2,1-2H3,(H,22,23)(H,24,25). The van der Waals surface area contributed by atoms with Crippen molar-refractivity contribution in [2.45, 2.75) is 6.92 Å². The lowest BCUT2D eigenvalue weighted by Gasteiger charge is -2.13. The second kappa shape index (κ2) is 8.71. The lowest BCUT2D eigenvalue weighted by Crippen LogP contribution is -2.13. The number of ether oxygens (including phenoxy) is 2. The number of aromatic nitrogens is 1. The third-order valence-corrected chi connectivity index (χ3v) is 3.79. The van der Waals surface area contributed by atoms with Crippen LogP contribution in [0.15, 0.2) is 66.9 Å². The highest BCUT2D eigenvalue weighted by Crippen LogP contribution is 2.27. The fourth-order valence-electron chi connectivity index (χ4n) is 2.54. The molecule has 1 amide bonds. The third kappa shape index (κ3) is 4.76. The Morgan fingerprint density at radius 2 is 1.89 bits per heavy atom. The molecular weight excluding hydrogens is 342 g/mol. The van der Waals surface area contributed by atoms with E-state index in [0.717, 1.165) is 17.1 Å². The Labute approximate surface area is 158 Å². The van der Waals surface area contributed by atoms with Gasteiger partial charge < -0.3 is 20.1 Å². The second-order valence-corrected chi connectivity index (χ2v) is 5.67. The van der Waals surface area contributed by atoms with Gasteiger partial charge in [0.1, 0.15) is 17.2 Å². The van der Waals surface area contributed by atoms with Crippen LogP contribution in [-0.4, -0.2) is 24.6 Å². The fraction of sp³-hybridized carbons (Fsp3) is 0.143. The predicted molar refractivity (Wildman–Crippen MR) is 106 cm³/mol. The van der Waals surface area contributed by atoms with Crippen molar-refractivity contribution in [1.82, 2.24) is 4.98 Å². The van der Waals surface area contributed by atoms with Gasteiger partial charge in [0.25, 0.3) is 5.91 Å². The molecule has 0 unspecified atom stereocenters. The summed E-state index contributed by atoms with van der Waals surface area (Å²) < 4.78 is 10.8. The lowest BCUT2D eigenvalue weighted by molar-refractivity contribution is 0.102. The second-order valence-electron chi connectivity index (χ2n) is 5.67. The quantitative estimate of drug-likeness (QED) is 0.647. The summed E-state index contributed by atoms with van der Waals surface area (Å²) >= 11 is 0. The zero-order valence-electron chi connectivity index (χ0n) is 15.2. The van der Waals surface area contributed by atoms with Crippen LogP contribution >= 0.6 is 0 Å². The number of hydrogen-bond donors (Lipinski definition) is 2. The van der Waals surface area contributed by atoms with Crippen molar-refractivity contribution < 1.29 is 14.3 Å². The monoisotopic (exact) mass is 363 g/mol. The Morgan fingerprint density at radius 3 is 2.70 bits per heavy atom. The topological polar surface area (TPSA) is 72.5 Å². The number of carbonyl (C=O) groups is 1. The first-order valence-corrected chi connectivity index (χ1v) is 8.60. The number of anilines is 3. The molecule has 3 aromatic rings. The van der Waals surface area contributed by atoms with Gasteiger partial charge in [0.15, 0.2) is 0 Å². The molecule has 138 valence electrons. The first kappa shape index (κ1) is 18.3. The van der Waals surface area contributed by atoms with E-state index in [-0.39, 0.29) is 5.91 Å². The summed E-state index contributed by atoms with van der Waals surface area (Å²) in [5.41, 5.74) is 2.51. The van der Waals surface area contributed by atoms with Crippen LogP contribution in [0.1, 0.15) is 17.4 Å². The maximum absolute atomic E-state index is 12.5. The number of benzene rings is 2. The summed E-state index contributed by atoms with van der Waals surface area (Å²) in [6, 6.07) is 18.3. The highest BCUT2D eigenvalue weighted by molar-refractivity contribution is 6.03. The van der Waals surface area contributed by atoms with Crippen molar-refractivity contribution in [2.75, 3.05) is 24.4 Å². The Kier molecular flexibility index (Phi) is 5.89. The summed E-state index contributed by atoms with van der Waals surface area (Å²) in [6.07, 6.45) is 1.59. The summed E-state index contributed by atoms with van der Waals surface area (Å²) in [5, 5.41) is 6.09. The van der Waals surface area contributed by atoms with Crippen molar-refractivity contribution in [3.05, 3.63) is 72.6 Å². The predicted octanol–water partition coefficient (Wildman–Crippen LogP) is 4.48. The van der Waals surface area contributed by atoms with E-state index < -0.39 is 0 Å². The van der Waals surface area contributed by atoms with Crippen LogP contribution in [0, 0.1) is 0 Å². The molecule has 0 bridgehead atoms. The largest absolute Gasteiger partial charge is 0.497 e. The average Bonchev–Trinajstić information content (AvgIpc) is 2.70. The number of carbonyl (C=O) groups excluding carboxylic acids is 1. The molecule has 6 nitrogen and oxygen atoms in total. The van der Waals surface area contributed by atoms with Gasteiger partial charge in [-0.2, -0.15) is 0 Å². The normalized spacial score (nSPS) is 10.1. The zero-order valence-corrected chi connectivity index (χ0v) is 15.2. The number of hydrogen-bond acceptors (Lipinski definition) is 5. The Morgan fingerprint density at radius 1 is 1.04 bits per heavy atom. The van der Waals surface area contributed by atoms with Crippen molar-refractivity contribution in [2.24, 2.45) is 0 Å². The number of nitrogens with zero attached hydrogens (tertiary/aromatic N) is 1. The molecule has 1 heterocycles. The van der Waals surface area contributed by atoms with Crippen LogP contribution in [0.3, 0.4) is 0 Å². The molecule has 0 fully saturated rings. The summed E-state index contributed by atoms with van der Waals surface area (Å²) in [7, 11) is 1.58. The Hall–Kier alpha value is -3.54. The van der Waals surface area contributed by atoms with Gasteiger partial charge in [-0.3, -0.25) is 9.78 Å². The summed E-state index contributed by atoms with van der Waals surface area (Å²) in [6.45, 7) is 2.51. The molecule has 0 aliphatic rings. The van der Waals surface area contributed by atoms with Gasteiger partial charge in [-0.15, -0.1) is 0 Å². The van der Waals surface area contributed by atoms with Gasteiger partial charge in [0.2, 0.25) is 0 Å². The maximum Gasteiger partial charge on any atom is 0.274 e. The van der Waals surface area contributed by atoms with Crippen molar-refractivity contribution in [3.8, 4) is 11.5 Å². The van der Waals surface area contributed by atoms with Crippen LogP contribution in [0.4, 0.5) is 17.1 Å². The van der Waals surface area contributed by atoms with Gasteiger partial charge in [0.05, 0.1) is 19.4 Å². The molecule has 0 aliphatic heterocycles. The highest BCUT2D eigenvalue weighted by atomic mass is 16.5. The highest BCUT2D eigenvalue weighted by Gasteiger charge is 2.10. The number of para-hydroxylation sites is 2. The SMILES string of the molecule is CCOc1ccccc1Nc1ccnc(C(=O)Nc2cccc(OC)c2)c1. The molecule has 0 spiro atoms. The van der Waals surface area contributed by atoms with Crippen LogP contribution in [-0.2, 0) is 0 Å². The Bertz CT molecular complexity index is 928. The molecule has 0 radical (unpaired) electrons. The van der Waals surface area contributed by atoms with E-state index >= 15 is 0 Å². The first-order valence-electron chi connectivity index (χ1n) is 8.60. The lowest BCUT2D eigenvalue weighted by atomic mass is 10.2. The zero-order chi connectivity index (χ0) is 19.1. The van der Waals surface area contributed by atoms with E-state index in [1.165, 1.54) is 0 Å². The molecule has 0 aliphatic carbocycles. The molecule has 6 heteroatoms. The van der Waals surface area contributed by atoms with Crippen molar-refractivity contribution in [3.63, 3.8) is 0 Å². The minimum Gasteiger partial charge on any atom is -0.497 e. The van der Waals surface area contributed by atoms with E-state index in [1.54, 1.807) is 37.6 Å². The number of rotatable bonds is 7. The van der Waals surface area contributed by atoms with Crippen LogP contribution in [0.25, 0.3) is 0 Å². The average molecular weight is 363 g/mol. The van der Waals surface area contributed by atoms with E-state index in [2.05, 4.69) is 15.6 Å². The Balaban J connectivity index is 1.76. The molecule has 2 N–H and O–H groups in total. The van der Waals surface area contributed by atoms with E-state index in [1.807, 2.05) is 43.3 Å². The summed E-state index contributed by atoms with van der Waals surface area (Å²) in [4.78, 5) is 16.7. The van der Waals surface area contributed by atoms with E-state index in [9.17, 15) is 4.79 Å². The van der Waals surface area contributed by atoms with Gasteiger partial charge in [-0.25, -0.2) is 0 Å². The smallest absolute Gasteiger partial charge is 0.274 e. The van der Waals surface area contributed by atoms with Crippen molar-refractivity contribution >= 4 is 23.0 Å². The van der Waals surface area contributed by atoms with Crippen LogP contribution in [0.5, 0.6) is 11.5 Å². The van der Waals surface area contributed by atoms with Gasteiger partial charge >= 0.3 is 0 Å². The number of methoxy groups -OCH3 is 1. The summed E-state index contributed by atoms with van der Waals surface area (Å²) in [5.74, 6) is 1.12. The van der Waals surface area contributed by atoms with Crippen LogP contribution in [0.2, 0.25) is 0 Å². The van der Waals surface area contributed by atoms with Crippen molar-refractivity contribution in [1.29, 1.82) is 0 Å². The minimum atomic E-state index is -0.301. The van der Waals surface area contributed by atoms with Crippen LogP contribution < -0.4 is 20.1 Å². The molecule has 27 heavy (non-hydrogen) atoms. The molecule has 0 saturated heterocycles. The number of nitrogens with one attached hydrogen (secondary N) is 2. The minimum absolute atomic E-state index is 0.301. The maximum atomic E-state index is 12.5. The molecular formula is C21H21N3O3. The van der Waals surface area contributed by atoms with Gasteiger partial charge in [-0.05, 0) is 43.3 Å². The molecule has 0 atom stereocenters. The first-order chi connectivity index (χ1) is 13.2.